The van der Waals surface area contributed by atoms with E-state index in [9.17, 15) is 28.1 Å². The molecule has 2 N–H and O–H groups in total. The number of nitrogens with zero attached hydrogens (tertiary/aromatic N) is 2. The van der Waals surface area contributed by atoms with Crippen molar-refractivity contribution in [1.82, 2.24) is 4.98 Å². The number of alkyl halides is 3. The lowest BCUT2D eigenvalue weighted by atomic mass is 10.3. The van der Waals surface area contributed by atoms with Crippen molar-refractivity contribution in [2.24, 2.45) is 0 Å². The van der Waals surface area contributed by atoms with Gasteiger partial charge in [-0.3, -0.25) is 20.4 Å². The lowest BCUT2D eigenvalue weighted by Crippen LogP contribution is -2.14. The third kappa shape index (κ3) is 4.06. The van der Waals surface area contributed by atoms with E-state index in [0.29, 0.717) is 12.3 Å². The summed E-state index contributed by atoms with van der Waals surface area (Å²) >= 11 is 0. The number of hydrogen-bond acceptors (Lipinski definition) is 6. The molecule has 19 heavy (non-hydrogen) atoms. The number of aromatic nitrogens is 1. The van der Waals surface area contributed by atoms with Gasteiger partial charge in [0.1, 0.15) is 17.6 Å². The minimum absolute atomic E-state index is 0.347. The zero-order valence-corrected chi connectivity index (χ0v) is 8.97. The Labute approximate surface area is 102 Å². The first-order chi connectivity index (χ1) is 8.71. The van der Waals surface area contributed by atoms with Crippen LogP contribution in [0.2, 0.25) is 0 Å². The zero-order chi connectivity index (χ0) is 14.6. The van der Waals surface area contributed by atoms with Gasteiger partial charge in [-0.05, 0) is 0 Å². The molecule has 0 saturated carbocycles. The van der Waals surface area contributed by atoms with Gasteiger partial charge < -0.3 is 5.11 Å². The maximum Gasteiger partial charge on any atom is 0.433 e. The Balaban J connectivity index is 3.02. The molecule has 0 atom stereocenters. The van der Waals surface area contributed by atoms with E-state index in [-0.39, 0.29) is 0 Å². The highest BCUT2D eigenvalue weighted by atomic mass is 19.4. The first-order valence-electron chi connectivity index (χ1n) is 4.53. The second kappa shape index (κ2) is 5.48. The smallest absolute Gasteiger partial charge is 0.433 e. The maximum absolute atomic E-state index is 12.4. The Morgan fingerprint density at radius 3 is 2.68 bits per heavy atom. The van der Waals surface area contributed by atoms with Crippen molar-refractivity contribution in [3.8, 4) is 0 Å². The van der Waals surface area contributed by atoms with Gasteiger partial charge in [0.25, 0.3) is 0 Å². The van der Waals surface area contributed by atoms with E-state index in [1.54, 1.807) is 5.48 Å². The molecule has 0 aromatic carbocycles. The number of hydrogen-bond donors (Lipinski definition) is 2. The topological polar surface area (TPSA) is 115 Å². The number of carboxylic acids is 1. The molecule has 8 nitrogen and oxygen atoms in total. The number of rotatable bonds is 5. The quantitative estimate of drug-likeness (QED) is 0.619. The summed E-state index contributed by atoms with van der Waals surface area (Å²) in [6, 6.07) is 0.347. The van der Waals surface area contributed by atoms with E-state index in [2.05, 4.69) is 9.82 Å². The Kier molecular flexibility index (Phi) is 4.22. The molecular formula is C8H6F3N3O5. The summed E-state index contributed by atoms with van der Waals surface area (Å²) in [5.41, 5.74) is -1.02. The molecule has 1 aromatic heterocycles. The fourth-order valence-corrected chi connectivity index (χ4v) is 1.01. The van der Waals surface area contributed by atoms with Crippen LogP contribution in [0.5, 0.6) is 0 Å². The summed E-state index contributed by atoms with van der Waals surface area (Å²) in [5.74, 6) is -1.40. The molecule has 0 fully saturated rings. The van der Waals surface area contributed by atoms with Crippen molar-refractivity contribution < 1.29 is 32.8 Å². The lowest BCUT2D eigenvalue weighted by Gasteiger charge is -2.09. The number of nitro groups is 1. The van der Waals surface area contributed by atoms with Gasteiger partial charge in [0.15, 0.2) is 6.61 Å². The van der Waals surface area contributed by atoms with E-state index in [1.807, 2.05) is 0 Å². The van der Waals surface area contributed by atoms with E-state index in [0.717, 1.165) is 0 Å². The van der Waals surface area contributed by atoms with Crippen LogP contribution in [0.4, 0.5) is 24.5 Å². The number of aliphatic carboxylic acids is 1. The van der Waals surface area contributed by atoms with Gasteiger partial charge in [-0.15, -0.1) is 0 Å². The van der Waals surface area contributed by atoms with Crippen molar-refractivity contribution in [2.75, 3.05) is 12.1 Å². The summed E-state index contributed by atoms with van der Waals surface area (Å²) in [7, 11) is 0. The summed E-state index contributed by atoms with van der Waals surface area (Å²) in [6.07, 6.45) is -4.40. The number of carbonyl (C=O) groups is 1. The molecule has 0 unspecified atom stereocenters. The third-order valence-corrected chi connectivity index (χ3v) is 1.75. The highest BCUT2D eigenvalue weighted by Gasteiger charge is 2.34. The van der Waals surface area contributed by atoms with Crippen LogP contribution in [-0.4, -0.2) is 27.6 Å². The molecule has 0 radical (unpaired) electrons. The fourth-order valence-electron chi connectivity index (χ4n) is 1.01. The molecule has 0 bridgehead atoms. The summed E-state index contributed by atoms with van der Waals surface area (Å²) < 4.78 is 37.1. The Bertz CT molecular complexity index is 505. The van der Waals surface area contributed by atoms with Gasteiger partial charge in [0.2, 0.25) is 0 Å². The largest absolute Gasteiger partial charge is 0.479 e. The molecule has 1 rings (SSSR count). The fraction of sp³-hybridized carbons (Fsp3) is 0.250. The third-order valence-electron chi connectivity index (χ3n) is 1.75. The van der Waals surface area contributed by atoms with Crippen LogP contribution in [0.1, 0.15) is 5.69 Å². The minimum atomic E-state index is -4.79. The second-order valence-corrected chi connectivity index (χ2v) is 3.13. The predicted molar refractivity (Wildman–Crippen MR) is 53.1 cm³/mol. The summed E-state index contributed by atoms with van der Waals surface area (Å²) in [4.78, 5) is 26.9. The van der Waals surface area contributed by atoms with Crippen LogP contribution in [0, 0.1) is 10.1 Å². The van der Waals surface area contributed by atoms with Gasteiger partial charge in [0.05, 0.1) is 4.92 Å². The molecule has 1 heterocycles. The van der Waals surface area contributed by atoms with E-state index in [4.69, 9.17) is 5.11 Å². The number of nitrogens with one attached hydrogen (secondary N) is 1. The van der Waals surface area contributed by atoms with Crippen molar-refractivity contribution >= 4 is 17.3 Å². The number of carboxylic acid groups (broad SMARTS) is 1. The van der Waals surface area contributed by atoms with Crippen LogP contribution < -0.4 is 5.48 Å². The minimum Gasteiger partial charge on any atom is -0.479 e. The monoisotopic (exact) mass is 281 g/mol. The molecule has 1 aromatic rings. The van der Waals surface area contributed by atoms with Crippen molar-refractivity contribution in [3.05, 3.63) is 28.1 Å². The van der Waals surface area contributed by atoms with Gasteiger partial charge in [-0.25, -0.2) is 9.78 Å². The van der Waals surface area contributed by atoms with E-state index in [1.165, 1.54) is 0 Å². The molecule has 0 spiro atoms. The van der Waals surface area contributed by atoms with E-state index < -0.39 is 40.7 Å². The second-order valence-electron chi connectivity index (χ2n) is 3.13. The Morgan fingerprint density at radius 1 is 1.58 bits per heavy atom. The Hall–Kier alpha value is -2.43. The molecule has 0 aliphatic heterocycles. The normalized spacial score (nSPS) is 11.1. The maximum atomic E-state index is 12.4. The van der Waals surface area contributed by atoms with Gasteiger partial charge in [-0.2, -0.15) is 13.2 Å². The SMILES string of the molecule is O=C(O)CONc1cc(C(F)(F)F)ncc1[N+](=O)[O-]. The van der Waals surface area contributed by atoms with Gasteiger partial charge >= 0.3 is 17.8 Å². The van der Waals surface area contributed by atoms with Crippen molar-refractivity contribution in [3.63, 3.8) is 0 Å². The van der Waals surface area contributed by atoms with Crippen molar-refractivity contribution in [1.29, 1.82) is 0 Å². The number of halogens is 3. The highest BCUT2D eigenvalue weighted by Crippen LogP contribution is 2.32. The van der Waals surface area contributed by atoms with Crippen molar-refractivity contribution in [2.45, 2.75) is 6.18 Å². The first kappa shape index (κ1) is 14.6. The molecular weight excluding hydrogens is 275 g/mol. The molecule has 0 saturated heterocycles. The molecule has 11 heteroatoms. The zero-order valence-electron chi connectivity index (χ0n) is 8.97. The average molecular weight is 281 g/mol. The number of anilines is 1. The van der Waals surface area contributed by atoms with Gasteiger partial charge in [0, 0.05) is 6.07 Å². The summed E-state index contributed by atoms with van der Waals surface area (Å²) in [5, 5.41) is 18.8. The highest BCUT2D eigenvalue weighted by molar-refractivity contribution is 5.68. The van der Waals surface area contributed by atoms with Crippen LogP contribution in [0.25, 0.3) is 0 Å². The van der Waals surface area contributed by atoms with Gasteiger partial charge in [-0.1, -0.05) is 0 Å². The summed E-state index contributed by atoms with van der Waals surface area (Å²) in [6.45, 7) is -0.888. The number of pyridine rings is 1. The molecule has 104 valence electrons. The average Bonchev–Trinajstić information content (AvgIpc) is 2.26. The first-order valence-corrected chi connectivity index (χ1v) is 4.53. The Morgan fingerprint density at radius 2 is 2.21 bits per heavy atom. The lowest BCUT2D eigenvalue weighted by molar-refractivity contribution is -0.384. The molecule has 0 aliphatic carbocycles. The van der Waals surface area contributed by atoms with Crippen LogP contribution in [0.15, 0.2) is 12.3 Å². The van der Waals surface area contributed by atoms with Crippen LogP contribution in [0.3, 0.4) is 0 Å². The molecule has 0 aliphatic rings. The van der Waals surface area contributed by atoms with E-state index >= 15 is 0 Å². The molecule has 0 amide bonds. The van der Waals surface area contributed by atoms with Crippen LogP contribution in [-0.2, 0) is 15.8 Å². The van der Waals surface area contributed by atoms with Crippen LogP contribution >= 0.6 is 0 Å². The predicted octanol–water partition coefficient (Wildman–Crippen LogP) is 1.44. The standard InChI is InChI=1S/C8H6F3N3O5/c9-8(10,11)6-1-4(13-19-3-7(15)16)5(2-12-6)14(17)18/h1-2H,3H2,(H,12,13)(H,15,16).